The Labute approximate surface area is 108 Å². The van der Waals surface area contributed by atoms with Crippen molar-refractivity contribution in [3.8, 4) is 6.07 Å². The average molecular weight is 244 g/mol. The maximum atomic E-state index is 9.07. The van der Waals surface area contributed by atoms with Gasteiger partial charge in [-0.3, -0.25) is 0 Å². The molecule has 1 aromatic heterocycles. The fourth-order valence-electron chi connectivity index (χ4n) is 2.29. The van der Waals surface area contributed by atoms with Gasteiger partial charge in [-0.25, -0.2) is 4.98 Å². The highest BCUT2D eigenvalue weighted by Crippen LogP contribution is 2.28. The van der Waals surface area contributed by atoms with Crippen LogP contribution in [0.1, 0.15) is 31.0 Å². The minimum Gasteiger partial charge on any atom is -0.368 e. The maximum Gasteiger partial charge on any atom is 0.144 e. The Hall–Kier alpha value is -1.60. The Balaban J connectivity index is 2.05. The molecule has 0 unspecified atom stereocenters. The number of aromatic nitrogens is 1. The summed E-state index contributed by atoms with van der Waals surface area (Å²) < 4.78 is 0. The summed E-state index contributed by atoms with van der Waals surface area (Å²) in [4.78, 5) is 4.41. The molecule has 0 radical (unpaired) electrons. The molecule has 0 atom stereocenters. The largest absolute Gasteiger partial charge is 0.368 e. The zero-order valence-corrected chi connectivity index (χ0v) is 11.1. The van der Waals surface area contributed by atoms with Crippen LogP contribution in [-0.4, -0.2) is 24.6 Å². The highest BCUT2D eigenvalue weighted by atomic mass is 15.0. The number of pyridine rings is 1. The van der Waals surface area contributed by atoms with Gasteiger partial charge in [-0.2, -0.15) is 5.26 Å². The molecule has 96 valence electrons. The third kappa shape index (κ3) is 2.99. The molecule has 2 rings (SSSR count). The standard InChI is InChI=1S/C14H20N4/c1-11-3-4-12(9-15)13(18-11)17-10-14(2)5-7-16-8-6-14/h3-4,16H,5-8,10H2,1-2H3,(H,17,18). The van der Waals surface area contributed by atoms with Crippen LogP contribution in [0.4, 0.5) is 5.82 Å². The molecule has 0 aliphatic carbocycles. The molecule has 2 N–H and O–H groups in total. The molecule has 0 saturated carbocycles. The smallest absolute Gasteiger partial charge is 0.144 e. The zero-order chi connectivity index (χ0) is 13.0. The first-order valence-electron chi connectivity index (χ1n) is 6.45. The lowest BCUT2D eigenvalue weighted by Crippen LogP contribution is -2.39. The molecule has 0 bridgehead atoms. The van der Waals surface area contributed by atoms with Crippen molar-refractivity contribution in [2.45, 2.75) is 26.7 Å². The molecule has 1 aliphatic rings. The fourth-order valence-corrected chi connectivity index (χ4v) is 2.29. The van der Waals surface area contributed by atoms with Gasteiger partial charge in [0.15, 0.2) is 0 Å². The van der Waals surface area contributed by atoms with Crippen molar-refractivity contribution >= 4 is 5.82 Å². The van der Waals surface area contributed by atoms with E-state index in [1.54, 1.807) is 0 Å². The number of aryl methyl sites for hydroxylation is 1. The Morgan fingerprint density at radius 2 is 2.17 bits per heavy atom. The molecule has 2 heterocycles. The Kier molecular flexibility index (Phi) is 3.83. The first-order chi connectivity index (χ1) is 8.63. The van der Waals surface area contributed by atoms with E-state index in [4.69, 9.17) is 5.26 Å². The van der Waals surface area contributed by atoms with Crippen molar-refractivity contribution in [2.75, 3.05) is 25.0 Å². The topological polar surface area (TPSA) is 60.7 Å². The molecule has 1 aliphatic heterocycles. The van der Waals surface area contributed by atoms with Gasteiger partial charge in [0.25, 0.3) is 0 Å². The van der Waals surface area contributed by atoms with E-state index in [0.29, 0.717) is 11.0 Å². The molecule has 18 heavy (non-hydrogen) atoms. The number of anilines is 1. The molecule has 4 heteroatoms. The summed E-state index contributed by atoms with van der Waals surface area (Å²) in [5, 5.41) is 15.8. The average Bonchev–Trinajstić information content (AvgIpc) is 2.38. The molecular weight excluding hydrogens is 224 g/mol. The summed E-state index contributed by atoms with van der Waals surface area (Å²) in [5.41, 5.74) is 1.86. The lowest BCUT2D eigenvalue weighted by molar-refractivity contribution is 0.247. The highest BCUT2D eigenvalue weighted by molar-refractivity contribution is 5.52. The van der Waals surface area contributed by atoms with Crippen LogP contribution in [0.2, 0.25) is 0 Å². The van der Waals surface area contributed by atoms with Crippen molar-refractivity contribution in [1.29, 1.82) is 5.26 Å². The lowest BCUT2D eigenvalue weighted by Gasteiger charge is -2.34. The number of rotatable bonds is 3. The molecule has 1 fully saturated rings. The lowest BCUT2D eigenvalue weighted by atomic mass is 9.81. The minimum absolute atomic E-state index is 0.295. The summed E-state index contributed by atoms with van der Waals surface area (Å²) in [6, 6.07) is 5.89. The molecule has 1 aromatic rings. The second kappa shape index (κ2) is 5.36. The number of nitriles is 1. The summed E-state index contributed by atoms with van der Waals surface area (Å²) in [7, 11) is 0. The normalized spacial score (nSPS) is 18.1. The van der Waals surface area contributed by atoms with Crippen LogP contribution in [0.5, 0.6) is 0 Å². The van der Waals surface area contributed by atoms with Gasteiger partial charge in [-0.1, -0.05) is 6.92 Å². The fraction of sp³-hybridized carbons (Fsp3) is 0.571. The SMILES string of the molecule is Cc1ccc(C#N)c(NCC2(C)CCNCC2)n1. The van der Waals surface area contributed by atoms with E-state index in [1.807, 2.05) is 19.1 Å². The van der Waals surface area contributed by atoms with Crippen LogP contribution in [0, 0.1) is 23.7 Å². The van der Waals surface area contributed by atoms with Crippen LogP contribution in [0.15, 0.2) is 12.1 Å². The van der Waals surface area contributed by atoms with Crippen molar-refractivity contribution in [2.24, 2.45) is 5.41 Å². The molecule has 0 spiro atoms. The molecule has 4 nitrogen and oxygen atoms in total. The van der Waals surface area contributed by atoms with Gasteiger partial charge < -0.3 is 10.6 Å². The predicted octanol–water partition coefficient (Wildman–Crippen LogP) is 2.06. The van der Waals surface area contributed by atoms with Gasteiger partial charge in [-0.15, -0.1) is 0 Å². The summed E-state index contributed by atoms with van der Waals surface area (Å²) in [6.07, 6.45) is 2.32. The first-order valence-corrected chi connectivity index (χ1v) is 6.45. The Bertz CT molecular complexity index is 455. The van der Waals surface area contributed by atoms with Gasteiger partial charge >= 0.3 is 0 Å². The van der Waals surface area contributed by atoms with Gasteiger partial charge in [-0.05, 0) is 50.4 Å². The van der Waals surface area contributed by atoms with E-state index in [1.165, 1.54) is 0 Å². The minimum atomic E-state index is 0.295. The van der Waals surface area contributed by atoms with E-state index in [-0.39, 0.29) is 0 Å². The summed E-state index contributed by atoms with van der Waals surface area (Å²) in [5.74, 6) is 0.720. The summed E-state index contributed by atoms with van der Waals surface area (Å²) >= 11 is 0. The number of nitrogens with zero attached hydrogens (tertiary/aromatic N) is 2. The second-order valence-corrected chi connectivity index (χ2v) is 5.37. The van der Waals surface area contributed by atoms with Crippen molar-refractivity contribution in [3.63, 3.8) is 0 Å². The number of nitrogens with one attached hydrogen (secondary N) is 2. The first kappa shape index (κ1) is 12.8. The quantitative estimate of drug-likeness (QED) is 0.854. The van der Waals surface area contributed by atoms with Crippen molar-refractivity contribution < 1.29 is 0 Å². The second-order valence-electron chi connectivity index (χ2n) is 5.37. The summed E-state index contributed by atoms with van der Waals surface area (Å²) in [6.45, 7) is 7.26. The van der Waals surface area contributed by atoms with E-state index in [2.05, 4.69) is 28.6 Å². The molecule has 0 aromatic carbocycles. The predicted molar refractivity (Wildman–Crippen MR) is 72.4 cm³/mol. The van der Waals surface area contributed by atoms with Crippen LogP contribution < -0.4 is 10.6 Å². The maximum absolute atomic E-state index is 9.07. The highest BCUT2D eigenvalue weighted by Gasteiger charge is 2.26. The number of hydrogen-bond acceptors (Lipinski definition) is 4. The van der Waals surface area contributed by atoms with Crippen LogP contribution in [-0.2, 0) is 0 Å². The zero-order valence-electron chi connectivity index (χ0n) is 11.1. The monoisotopic (exact) mass is 244 g/mol. The molecule has 0 amide bonds. The van der Waals surface area contributed by atoms with Gasteiger partial charge in [0, 0.05) is 12.2 Å². The van der Waals surface area contributed by atoms with Crippen LogP contribution >= 0.6 is 0 Å². The van der Waals surface area contributed by atoms with E-state index >= 15 is 0 Å². The third-order valence-corrected chi connectivity index (χ3v) is 3.65. The van der Waals surface area contributed by atoms with Gasteiger partial charge in [0.2, 0.25) is 0 Å². The number of hydrogen-bond donors (Lipinski definition) is 2. The van der Waals surface area contributed by atoms with Gasteiger partial charge in [0.05, 0.1) is 5.56 Å². The number of piperidine rings is 1. The third-order valence-electron chi connectivity index (χ3n) is 3.65. The van der Waals surface area contributed by atoms with Crippen molar-refractivity contribution in [1.82, 2.24) is 10.3 Å². The Morgan fingerprint density at radius 3 is 2.83 bits per heavy atom. The van der Waals surface area contributed by atoms with E-state index in [0.717, 1.165) is 44.0 Å². The van der Waals surface area contributed by atoms with Crippen molar-refractivity contribution in [3.05, 3.63) is 23.4 Å². The van der Waals surface area contributed by atoms with E-state index in [9.17, 15) is 0 Å². The Morgan fingerprint density at radius 1 is 1.44 bits per heavy atom. The van der Waals surface area contributed by atoms with Crippen LogP contribution in [0.3, 0.4) is 0 Å². The molecule has 1 saturated heterocycles. The van der Waals surface area contributed by atoms with Crippen LogP contribution in [0.25, 0.3) is 0 Å². The molecular formula is C14H20N4. The van der Waals surface area contributed by atoms with Gasteiger partial charge in [0.1, 0.15) is 11.9 Å². The van der Waals surface area contributed by atoms with E-state index < -0.39 is 0 Å².